The van der Waals surface area contributed by atoms with Crippen LogP contribution in [0.4, 0.5) is 0 Å². The Morgan fingerprint density at radius 1 is 1.50 bits per heavy atom. The summed E-state index contributed by atoms with van der Waals surface area (Å²) in [5.41, 5.74) is 1.86. The van der Waals surface area contributed by atoms with E-state index >= 15 is 0 Å². The van der Waals surface area contributed by atoms with Crippen LogP contribution in [0, 0.1) is 12.8 Å². The second kappa shape index (κ2) is 5.85. The number of hydrogen-bond donors (Lipinski definition) is 2. The van der Waals surface area contributed by atoms with E-state index in [0.29, 0.717) is 11.5 Å². The molecule has 1 saturated heterocycles. The molecule has 4 heteroatoms. The van der Waals surface area contributed by atoms with Crippen molar-refractivity contribution in [1.29, 1.82) is 0 Å². The second-order valence-corrected chi connectivity index (χ2v) is 5.89. The van der Waals surface area contributed by atoms with E-state index in [9.17, 15) is 4.79 Å². The van der Waals surface area contributed by atoms with Crippen molar-refractivity contribution in [1.82, 2.24) is 10.6 Å². The van der Waals surface area contributed by atoms with E-state index in [1.165, 1.54) is 0 Å². The van der Waals surface area contributed by atoms with Gasteiger partial charge in [0.15, 0.2) is 0 Å². The molecule has 0 saturated carbocycles. The molecule has 0 bridgehead atoms. The molecule has 1 aliphatic rings. The third kappa shape index (κ3) is 3.12. The monoisotopic (exact) mass is 310 g/mol. The molecule has 98 valence electrons. The fourth-order valence-corrected chi connectivity index (χ4v) is 2.95. The summed E-state index contributed by atoms with van der Waals surface area (Å²) in [7, 11) is 0. The van der Waals surface area contributed by atoms with Crippen molar-refractivity contribution >= 4 is 21.8 Å². The first-order chi connectivity index (χ1) is 8.58. The number of hydrogen-bond acceptors (Lipinski definition) is 2. The Balaban J connectivity index is 2.07. The molecule has 1 heterocycles. The predicted molar refractivity (Wildman–Crippen MR) is 76.8 cm³/mol. The lowest BCUT2D eigenvalue weighted by Gasteiger charge is -2.30. The number of piperidine rings is 1. The van der Waals surface area contributed by atoms with Crippen molar-refractivity contribution in [3.63, 3.8) is 0 Å². The van der Waals surface area contributed by atoms with E-state index in [1.54, 1.807) is 0 Å². The Hall–Kier alpha value is -0.870. The van der Waals surface area contributed by atoms with Gasteiger partial charge in [-0.05, 0) is 66.0 Å². The molecule has 1 fully saturated rings. The van der Waals surface area contributed by atoms with Crippen molar-refractivity contribution in [3.05, 3.63) is 33.8 Å². The van der Waals surface area contributed by atoms with Crippen LogP contribution >= 0.6 is 15.9 Å². The zero-order chi connectivity index (χ0) is 13.1. The Bertz CT molecular complexity index is 447. The molecule has 3 nitrogen and oxygen atoms in total. The number of carbonyl (C=O) groups is 1. The standard InChI is InChI=1S/C14H19BrN2O/c1-9-3-4-11(12(15)7-9)14(18)17-13-5-6-16-8-10(13)2/h3-4,7,10,13,16H,5-6,8H2,1-2H3,(H,17,18). The first-order valence-electron chi connectivity index (χ1n) is 6.35. The number of rotatable bonds is 2. The van der Waals surface area contributed by atoms with Gasteiger partial charge in [-0.3, -0.25) is 4.79 Å². The molecule has 0 radical (unpaired) electrons. The van der Waals surface area contributed by atoms with Crippen LogP contribution in [0.2, 0.25) is 0 Å². The lowest BCUT2D eigenvalue weighted by Crippen LogP contribution is -2.48. The second-order valence-electron chi connectivity index (χ2n) is 5.03. The molecule has 0 aliphatic carbocycles. The third-order valence-corrected chi connectivity index (χ3v) is 4.13. The normalized spacial score (nSPS) is 23.7. The predicted octanol–water partition coefficient (Wildman–Crippen LogP) is 2.49. The highest BCUT2D eigenvalue weighted by Crippen LogP contribution is 2.19. The number of benzene rings is 1. The Morgan fingerprint density at radius 2 is 2.28 bits per heavy atom. The van der Waals surface area contributed by atoms with Gasteiger partial charge in [-0.25, -0.2) is 0 Å². The van der Waals surface area contributed by atoms with Crippen molar-refractivity contribution in [2.24, 2.45) is 5.92 Å². The van der Waals surface area contributed by atoms with Gasteiger partial charge in [0.05, 0.1) is 5.56 Å². The van der Waals surface area contributed by atoms with Gasteiger partial charge in [-0.1, -0.05) is 13.0 Å². The van der Waals surface area contributed by atoms with Gasteiger partial charge >= 0.3 is 0 Å². The van der Waals surface area contributed by atoms with Gasteiger partial charge < -0.3 is 10.6 Å². The number of amides is 1. The summed E-state index contributed by atoms with van der Waals surface area (Å²) in [6.07, 6.45) is 0.996. The summed E-state index contributed by atoms with van der Waals surface area (Å²) < 4.78 is 0.863. The van der Waals surface area contributed by atoms with Crippen molar-refractivity contribution < 1.29 is 4.79 Å². The highest BCUT2D eigenvalue weighted by Gasteiger charge is 2.23. The van der Waals surface area contributed by atoms with E-state index in [-0.39, 0.29) is 11.9 Å². The smallest absolute Gasteiger partial charge is 0.252 e. The minimum Gasteiger partial charge on any atom is -0.349 e. The molecular weight excluding hydrogens is 292 g/mol. The maximum absolute atomic E-state index is 12.2. The fraction of sp³-hybridized carbons (Fsp3) is 0.500. The molecule has 2 unspecified atom stereocenters. The minimum atomic E-state index is 0.0145. The van der Waals surface area contributed by atoms with Crippen molar-refractivity contribution in [2.45, 2.75) is 26.3 Å². The molecule has 0 spiro atoms. The van der Waals surface area contributed by atoms with Gasteiger partial charge in [-0.2, -0.15) is 0 Å². The zero-order valence-corrected chi connectivity index (χ0v) is 12.4. The number of halogens is 1. The van der Waals surface area contributed by atoms with Crippen LogP contribution in [0.15, 0.2) is 22.7 Å². The van der Waals surface area contributed by atoms with E-state index in [2.05, 4.69) is 33.5 Å². The summed E-state index contributed by atoms with van der Waals surface area (Å²) in [4.78, 5) is 12.2. The molecule has 1 amide bonds. The van der Waals surface area contributed by atoms with Crippen LogP contribution in [0.1, 0.15) is 29.3 Å². The molecule has 2 N–H and O–H groups in total. The number of nitrogens with one attached hydrogen (secondary N) is 2. The summed E-state index contributed by atoms with van der Waals surface area (Å²) >= 11 is 3.45. The van der Waals surface area contributed by atoms with E-state index in [1.807, 2.05) is 25.1 Å². The van der Waals surface area contributed by atoms with E-state index < -0.39 is 0 Å². The largest absolute Gasteiger partial charge is 0.349 e. The van der Waals surface area contributed by atoms with Crippen molar-refractivity contribution in [2.75, 3.05) is 13.1 Å². The van der Waals surface area contributed by atoms with E-state index in [0.717, 1.165) is 29.5 Å². The number of aryl methyl sites for hydroxylation is 1. The van der Waals surface area contributed by atoms with Gasteiger partial charge in [-0.15, -0.1) is 0 Å². The molecule has 2 atom stereocenters. The van der Waals surface area contributed by atoms with Gasteiger partial charge in [0.25, 0.3) is 5.91 Å². The van der Waals surface area contributed by atoms with Gasteiger partial charge in [0.2, 0.25) is 0 Å². The highest BCUT2D eigenvalue weighted by atomic mass is 79.9. The molecule has 1 aromatic carbocycles. The average molecular weight is 311 g/mol. The molecule has 18 heavy (non-hydrogen) atoms. The first-order valence-corrected chi connectivity index (χ1v) is 7.15. The third-order valence-electron chi connectivity index (χ3n) is 3.47. The highest BCUT2D eigenvalue weighted by molar-refractivity contribution is 9.10. The van der Waals surface area contributed by atoms with Crippen LogP contribution in [0.25, 0.3) is 0 Å². The lowest BCUT2D eigenvalue weighted by molar-refractivity contribution is 0.0913. The van der Waals surface area contributed by atoms with Crippen LogP contribution in [-0.4, -0.2) is 25.0 Å². The minimum absolute atomic E-state index is 0.0145. The van der Waals surface area contributed by atoms with Crippen LogP contribution in [0.3, 0.4) is 0 Å². The van der Waals surface area contributed by atoms with Crippen LogP contribution < -0.4 is 10.6 Å². The maximum atomic E-state index is 12.2. The fourth-order valence-electron chi connectivity index (χ4n) is 2.28. The first kappa shape index (κ1) is 13.6. The quantitative estimate of drug-likeness (QED) is 0.881. The van der Waals surface area contributed by atoms with Crippen molar-refractivity contribution in [3.8, 4) is 0 Å². The maximum Gasteiger partial charge on any atom is 0.252 e. The molecule has 1 aliphatic heterocycles. The summed E-state index contributed by atoms with van der Waals surface area (Å²) in [6.45, 7) is 6.13. The number of carbonyl (C=O) groups excluding carboxylic acids is 1. The Labute approximate surface area is 116 Å². The summed E-state index contributed by atoms with van der Waals surface area (Å²) in [5.74, 6) is 0.493. The average Bonchev–Trinajstić information content (AvgIpc) is 2.32. The lowest BCUT2D eigenvalue weighted by atomic mass is 9.95. The zero-order valence-electron chi connectivity index (χ0n) is 10.8. The van der Waals surface area contributed by atoms with Gasteiger partial charge in [0.1, 0.15) is 0 Å². The van der Waals surface area contributed by atoms with Gasteiger partial charge in [0, 0.05) is 10.5 Å². The SMILES string of the molecule is Cc1ccc(C(=O)NC2CCNCC2C)c(Br)c1. The molecule has 1 aromatic rings. The topological polar surface area (TPSA) is 41.1 Å². The summed E-state index contributed by atoms with van der Waals surface area (Å²) in [5, 5.41) is 6.47. The molecular formula is C14H19BrN2O. The van der Waals surface area contributed by atoms with E-state index in [4.69, 9.17) is 0 Å². The molecule has 2 rings (SSSR count). The van der Waals surface area contributed by atoms with Crippen LogP contribution in [-0.2, 0) is 0 Å². The Kier molecular flexibility index (Phi) is 4.40. The summed E-state index contributed by atoms with van der Waals surface area (Å²) in [6, 6.07) is 6.08. The molecule has 0 aromatic heterocycles. The van der Waals surface area contributed by atoms with Crippen LogP contribution in [0.5, 0.6) is 0 Å². The Morgan fingerprint density at radius 3 is 2.94 bits per heavy atom.